The van der Waals surface area contributed by atoms with Crippen molar-refractivity contribution in [1.29, 1.82) is 0 Å². The average molecular weight is 163 g/mol. The van der Waals surface area contributed by atoms with Gasteiger partial charge < -0.3 is 5.32 Å². The first-order valence-electron chi connectivity index (χ1n) is 4.01. The van der Waals surface area contributed by atoms with Gasteiger partial charge in [0.15, 0.2) is 0 Å². The van der Waals surface area contributed by atoms with E-state index < -0.39 is 0 Å². The van der Waals surface area contributed by atoms with E-state index in [-0.39, 0.29) is 0 Å². The highest BCUT2D eigenvalue weighted by Crippen LogP contribution is 1.92. The first kappa shape index (κ1) is 10.8. The number of rotatable bonds is 1. The van der Waals surface area contributed by atoms with E-state index in [1.54, 1.807) is 0 Å². The van der Waals surface area contributed by atoms with E-state index in [2.05, 4.69) is 31.0 Å². The Morgan fingerprint density at radius 2 is 1.67 bits per heavy atom. The molecule has 0 aromatic heterocycles. The normalized spacial score (nSPS) is 7.92. The zero-order valence-electron chi connectivity index (χ0n) is 8.09. The van der Waals surface area contributed by atoms with Crippen LogP contribution in [0.4, 0.5) is 0 Å². The maximum absolute atomic E-state index is 3.56. The summed E-state index contributed by atoms with van der Waals surface area (Å²) in [6.07, 6.45) is 0. The Kier molecular flexibility index (Phi) is 5.80. The number of aryl methyl sites for hydroxylation is 1. The van der Waals surface area contributed by atoms with Gasteiger partial charge in [0.2, 0.25) is 0 Å². The maximum Gasteiger partial charge on any atom is 0.00299 e. The minimum Gasteiger partial charge on any atom is -0.392 e. The van der Waals surface area contributed by atoms with Crippen molar-refractivity contribution in [3.8, 4) is 0 Å². The molecule has 0 atom stereocenters. The number of benzene rings is 1. The minimum atomic E-state index is 1.00. The Morgan fingerprint density at radius 1 is 1.25 bits per heavy atom. The van der Waals surface area contributed by atoms with Gasteiger partial charge in [0.1, 0.15) is 0 Å². The van der Waals surface area contributed by atoms with Crippen LogP contribution in [0.5, 0.6) is 0 Å². The summed E-state index contributed by atoms with van der Waals surface area (Å²) < 4.78 is 0. The van der Waals surface area contributed by atoms with Crippen molar-refractivity contribution in [2.75, 3.05) is 7.05 Å². The molecule has 1 heteroatoms. The molecule has 1 N–H and O–H groups in total. The lowest BCUT2D eigenvalue weighted by Crippen LogP contribution is -1.98. The Bertz CT molecular complexity index is 214. The highest BCUT2D eigenvalue weighted by molar-refractivity contribution is 5.11. The second kappa shape index (κ2) is 6.47. The van der Waals surface area contributed by atoms with E-state index in [9.17, 15) is 0 Å². The van der Waals surface area contributed by atoms with Gasteiger partial charge in [-0.2, -0.15) is 0 Å². The molecule has 0 aliphatic rings. The lowest BCUT2D eigenvalue weighted by molar-refractivity contribution is 0.999. The monoisotopic (exact) mass is 163 g/mol. The van der Waals surface area contributed by atoms with E-state index in [1.807, 2.05) is 32.2 Å². The third-order valence-corrected chi connectivity index (χ3v) is 1.37. The van der Waals surface area contributed by atoms with Crippen molar-refractivity contribution in [2.45, 2.75) is 13.8 Å². The highest BCUT2D eigenvalue weighted by atomic mass is 14.8. The predicted molar refractivity (Wildman–Crippen MR) is 55.1 cm³/mol. The topological polar surface area (TPSA) is 12.0 Å². The van der Waals surface area contributed by atoms with Crippen molar-refractivity contribution in [2.24, 2.45) is 0 Å². The second-order valence-corrected chi connectivity index (χ2v) is 2.69. The first-order chi connectivity index (χ1) is 5.66. The molecule has 1 rings (SSSR count). The Labute approximate surface area is 75.1 Å². The molecule has 0 bridgehead atoms. The van der Waals surface area contributed by atoms with Crippen LogP contribution in [0, 0.1) is 6.92 Å². The molecule has 0 heterocycles. The van der Waals surface area contributed by atoms with Crippen LogP contribution in [-0.2, 0) is 0 Å². The number of allylic oxidation sites excluding steroid dienone is 1. The summed E-state index contributed by atoms with van der Waals surface area (Å²) >= 11 is 0. The predicted octanol–water partition coefficient (Wildman–Crippen LogP) is 2.73. The van der Waals surface area contributed by atoms with E-state index in [1.165, 1.54) is 5.56 Å². The van der Waals surface area contributed by atoms with Gasteiger partial charge in [-0.25, -0.2) is 0 Å². The largest absolute Gasteiger partial charge is 0.392 e. The zero-order valence-corrected chi connectivity index (χ0v) is 8.09. The molecule has 1 aromatic carbocycles. The van der Waals surface area contributed by atoms with Crippen molar-refractivity contribution < 1.29 is 0 Å². The van der Waals surface area contributed by atoms with Gasteiger partial charge in [0.05, 0.1) is 0 Å². The molecule has 0 spiro atoms. The van der Waals surface area contributed by atoms with Gasteiger partial charge in [-0.1, -0.05) is 42.5 Å². The van der Waals surface area contributed by atoms with E-state index >= 15 is 0 Å². The van der Waals surface area contributed by atoms with Crippen molar-refractivity contribution in [1.82, 2.24) is 5.32 Å². The molecule has 66 valence electrons. The third kappa shape index (κ3) is 6.87. The summed E-state index contributed by atoms with van der Waals surface area (Å²) in [5.74, 6) is 0. The number of hydrogen-bond donors (Lipinski definition) is 1. The summed E-state index contributed by atoms with van der Waals surface area (Å²) in [5, 5.41) is 2.83. The highest BCUT2D eigenvalue weighted by Gasteiger charge is 1.72. The molecule has 0 aliphatic heterocycles. The third-order valence-electron chi connectivity index (χ3n) is 1.37. The summed E-state index contributed by atoms with van der Waals surface area (Å²) in [5.41, 5.74) is 2.33. The minimum absolute atomic E-state index is 1.00. The summed E-state index contributed by atoms with van der Waals surface area (Å²) in [6.45, 7) is 7.56. The Morgan fingerprint density at radius 3 is 1.83 bits per heavy atom. The number of hydrogen-bond acceptors (Lipinski definition) is 1. The molecular weight excluding hydrogens is 146 g/mol. The van der Waals surface area contributed by atoms with Gasteiger partial charge >= 0.3 is 0 Å². The quantitative estimate of drug-likeness (QED) is 0.671. The van der Waals surface area contributed by atoms with Gasteiger partial charge in [-0.05, 0) is 19.5 Å². The summed E-state index contributed by atoms with van der Waals surface area (Å²) in [6, 6.07) is 10.3. The van der Waals surface area contributed by atoms with Gasteiger partial charge in [0.25, 0.3) is 0 Å². The summed E-state index contributed by atoms with van der Waals surface area (Å²) in [4.78, 5) is 0. The van der Waals surface area contributed by atoms with Crippen molar-refractivity contribution in [3.05, 3.63) is 48.2 Å². The van der Waals surface area contributed by atoms with Crippen LogP contribution in [0.25, 0.3) is 0 Å². The number of nitrogens with one attached hydrogen (secondary N) is 1. The van der Waals surface area contributed by atoms with Crippen LogP contribution in [-0.4, -0.2) is 7.05 Å². The SMILES string of the molecule is C=C(C)NC.Cc1ccccc1. The maximum atomic E-state index is 3.56. The molecule has 0 saturated carbocycles. The lowest BCUT2D eigenvalue weighted by atomic mass is 10.2. The molecule has 12 heavy (non-hydrogen) atoms. The Hall–Kier alpha value is -1.24. The molecule has 0 fully saturated rings. The molecule has 1 nitrogen and oxygen atoms in total. The van der Waals surface area contributed by atoms with Gasteiger partial charge in [-0.15, -0.1) is 0 Å². The fourth-order valence-electron chi connectivity index (χ4n) is 0.534. The molecular formula is C11H17N. The standard InChI is InChI=1S/C7H8.C4H9N/c1-7-5-3-2-4-6-7;1-4(2)5-3/h2-6H,1H3;5H,1H2,2-3H3. The molecule has 0 unspecified atom stereocenters. The van der Waals surface area contributed by atoms with Gasteiger partial charge in [0, 0.05) is 7.05 Å². The van der Waals surface area contributed by atoms with Crippen LogP contribution in [0.3, 0.4) is 0 Å². The van der Waals surface area contributed by atoms with Crippen molar-refractivity contribution >= 4 is 0 Å². The van der Waals surface area contributed by atoms with Crippen LogP contribution >= 0.6 is 0 Å². The molecule has 0 radical (unpaired) electrons. The smallest absolute Gasteiger partial charge is 0.00299 e. The zero-order chi connectivity index (χ0) is 9.40. The average Bonchev–Trinajstić information content (AvgIpc) is 2.07. The first-order valence-corrected chi connectivity index (χ1v) is 4.01. The fourth-order valence-corrected chi connectivity index (χ4v) is 0.534. The molecule has 0 amide bonds. The lowest BCUT2D eigenvalue weighted by Gasteiger charge is -1.87. The van der Waals surface area contributed by atoms with E-state index in [0.29, 0.717) is 0 Å². The molecule has 0 aliphatic carbocycles. The summed E-state index contributed by atoms with van der Waals surface area (Å²) in [7, 11) is 1.85. The van der Waals surface area contributed by atoms with Gasteiger partial charge in [-0.3, -0.25) is 0 Å². The van der Waals surface area contributed by atoms with Crippen LogP contribution < -0.4 is 5.32 Å². The van der Waals surface area contributed by atoms with E-state index in [4.69, 9.17) is 0 Å². The Balaban J connectivity index is 0.000000217. The molecule has 1 aromatic rings. The van der Waals surface area contributed by atoms with Crippen LogP contribution in [0.15, 0.2) is 42.6 Å². The second-order valence-electron chi connectivity index (χ2n) is 2.69. The van der Waals surface area contributed by atoms with Crippen LogP contribution in [0.1, 0.15) is 12.5 Å². The van der Waals surface area contributed by atoms with E-state index in [0.717, 1.165) is 5.70 Å². The molecule has 0 saturated heterocycles. The van der Waals surface area contributed by atoms with Crippen LogP contribution in [0.2, 0.25) is 0 Å². The fraction of sp³-hybridized carbons (Fsp3) is 0.273. The van der Waals surface area contributed by atoms with Crippen molar-refractivity contribution in [3.63, 3.8) is 0 Å².